The van der Waals surface area contributed by atoms with E-state index in [-0.39, 0.29) is 0 Å². The highest BCUT2D eigenvalue weighted by Gasteiger charge is 2.35. The summed E-state index contributed by atoms with van der Waals surface area (Å²) >= 11 is 0. The van der Waals surface area contributed by atoms with Crippen LogP contribution in [0.1, 0.15) is 33.1 Å². The molecule has 1 heterocycles. The molecule has 0 aromatic carbocycles. The monoisotopic (exact) mass is 182 g/mol. The molecule has 0 aromatic heterocycles. The molecule has 0 bridgehead atoms. The van der Waals surface area contributed by atoms with Crippen LogP contribution in [0.4, 0.5) is 0 Å². The lowest BCUT2D eigenvalue weighted by Gasteiger charge is -2.31. The van der Waals surface area contributed by atoms with Crippen LogP contribution in [0.25, 0.3) is 0 Å². The molecular formula is C11H22N2. The van der Waals surface area contributed by atoms with Gasteiger partial charge in [-0.1, -0.05) is 13.8 Å². The molecule has 0 radical (unpaired) electrons. The van der Waals surface area contributed by atoms with Crippen molar-refractivity contribution in [2.45, 2.75) is 39.2 Å². The Bertz CT molecular complexity index is 169. The van der Waals surface area contributed by atoms with Crippen molar-refractivity contribution >= 4 is 0 Å². The van der Waals surface area contributed by atoms with Gasteiger partial charge in [-0.3, -0.25) is 0 Å². The van der Waals surface area contributed by atoms with Gasteiger partial charge in [-0.15, -0.1) is 0 Å². The van der Waals surface area contributed by atoms with Crippen LogP contribution in [0.3, 0.4) is 0 Å². The number of nitrogens with zero attached hydrogens (tertiary/aromatic N) is 1. The Morgan fingerprint density at radius 3 is 2.69 bits per heavy atom. The molecule has 0 aromatic rings. The van der Waals surface area contributed by atoms with Crippen LogP contribution in [-0.2, 0) is 0 Å². The third-order valence-electron chi connectivity index (χ3n) is 3.51. The van der Waals surface area contributed by atoms with E-state index < -0.39 is 0 Å². The predicted octanol–water partition coefficient (Wildman–Crippen LogP) is 1.47. The van der Waals surface area contributed by atoms with Gasteiger partial charge in [0, 0.05) is 19.1 Å². The molecule has 76 valence electrons. The number of rotatable bonds is 4. The van der Waals surface area contributed by atoms with Crippen molar-refractivity contribution in [3.8, 4) is 0 Å². The van der Waals surface area contributed by atoms with Gasteiger partial charge in [0.15, 0.2) is 0 Å². The number of nitrogens with one attached hydrogen (secondary N) is 1. The van der Waals surface area contributed by atoms with Gasteiger partial charge in [0.25, 0.3) is 0 Å². The minimum Gasteiger partial charge on any atom is -0.316 e. The van der Waals surface area contributed by atoms with Crippen molar-refractivity contribution in [2.24, 2.45) is 5.41 Å². The lowest BCUT2D eigenvalue weighted by Crippen LogP contribution is -2.38. The molecule has 2 rings (SSSR count). The van der Waals surface area contributed by atoms with Gasteiger partial charge >= 0.3 is 0 Å². The third kappa shape index (κ3) is 2.23. The zero-order valence-corrected chi connectivity index (χ0v) is 8.97. The second kappa shape index (κ2) is 3.58. The first-order valence-corrected chi connectivity index (χ1v) is 5.68. The average Bonchev–Trinajstić information content (AvgIpc) is 2.87. The third-order valence-corrected chi connectivity index (χ3v) is 3.51. The zero-order chi connectivity index (χ0) is 9.31. The molecule has 1 aliphatic carbocycles. The molecule has 0 amide bonds. The van der Waals surface area contributed by atoms with E-state index in [0.717, 1.165) is 6.04 Å². The fourth-order valence-corrected chi connectivity index (χ4v) is 2.43. The highest BCUT2D eigenvalue weighted by molar-refractivity contribution is 4.91. The summed E-state index contributed by atoms with van der Waals surface area (Å²) in [5, 5.41) is 3.47. The maximum atomic E-state index is 3.47. The maximum Gasteiger partial charge on any atom is 0.00965 e. The summed E-state index contributed by atoms with van der Waals surface area (Å²) in [5.41, 5.74) is 0.554. The van der Waals surface area contributed by atoms with Crippen LogP contribution in [0.5, 0.6) is 0 Å². The van der Waals surface area contributed by atoms with E-state index in [1.807, 2.05) is 0 Å². The number of hydrogen-bond acceptors (Lipinski definition) is 2. The fraction of sp³-hybridized carbons (Fsp3) is 1.00. The first-order chi connectivity index (χ1) is 6.23. The number of hydrogen-bond donors (Lipinski definition) is 1. The summed E-state index contributed by atoms with van der Waals surface area (Å²) in [6, 6.07) is 0.933. The normalized spacial score (nSPS) is 34.4. The standard InChI is InChI=1S/C11H22N2/c1-3-13(10-4-5-10)9-11(2)6-7-12-8-11/h10,12H,3-9H2,1-2H3. The van der Waals surface area contributed by atoms with Crippen molar-refractivity contribution in [2.75, 3.05) is 26.2 Å². The van der Waals surface area contributed by atoms with E-state index in [9.17, 15) is 0 Å². The molecule has 0 spiro atoms. The van der Waals surface area contributed by atoms with E-state index in [2.05, 4.69) is 24.1 Å². The smallest absolute Gasteiger partial charge is 0.00965 e. The second-order valence-corrected chi connectivity index (χ2v) is 5.03. The van der Waals surface area contributed by atoms with Gasteiger partial charge in [-0.25, -0.2) is 0 Å². The van der Waals surface area contributed by atoms with Gasteiger partial charge in [-0.05, 0) is 37.8 Å². The van der Waals surface area contributed by atoms with Gasteiger partial charge < -0.3 is 10.2 Å². The van der Waals surface area contributed by atoms with Gasteiger partial charge in [0.05, 0.1) is 0 Å². The fourth-order valence-electron chi connectivity index (χ4n) is 2.43. The van der Waals surface area contributed by atoms with Crippen molar-refractivity contribution < 1.29 is 0 Å². The molecule has 2 heteroatoms. The van der Waals surface area contributed by atoms with Gasteiger partial charge in [-0.2, -0.15) is 0 Å². The summed E-state index contributed by atoms with van der Waals surface area (Å²) in [7, 11) is 0. The Kier molecular flexibility index (Phi) is 2.61. The first kappa shape index (κ1) is 9.47. The van der Waals surface area contributed by atoms with Crippen molar-refractivity contribution in [1.29, 1.82) is 0 Å². The largest absolute Gasteiger partial charge is 0.316 e. The van der Waals surface area contributed by atoms with Crippen LogP contribution >= 0.6 is 0 Å². The minimum atomic E-state index is 0.554. The second-order valence-electron chi connectivity index (χ2n) is 5.03. The van der Waals surface area contributed by atoms with Crippen LogP contribution in [0, 0.1) is 5.41 Å². The Balaban J connectivity index is 1.86. The van der Waals surface area contributed by atoms with Gasteiger partial charge in [0.1, 0.15) is 0 Å². The topological polar surface area (TPSA) is 15.3 Å². The van der Waals surface area contributed by atoms with E-state index in [1.165, 1.54) is 45.4 Å². The molecule has 1 N–H and O–H groups in total. The Morgan fingerprint density at radius 2 is 2.23 bits per heavy atom. The van der Waals surface area contributed by atoms with E-state index >= 15 is 0 Å². The quantitative estimate of drug-likeness (QED) is 0.708. The SMILES string of the molecule is CCN(CC1(C)CCNC1)C1CC1. The highest BCUT2D eigenvalue weighted by Crippen LogP contribution is 2.32. The molecular weight excluding hydrogens is 160 g/mol. The summed E-state index contributed by atoms with van der Waals surface area (Å²) in [5.74, 6) is 0. The molecule has 2 fully saturated rings. The Labute approximate surface area is 81.7 Å². The summed E-state index contributed by atoms with van der Waals surface area (Å²) in [6.07, 6.45) is 4.24. The average molecular weight is 182 g/mol. The molecule has 1 atom stereocenters. The van der Waals surface area contributed by atoms with Crippen LogP contribution < -0.4 is 5.32 Å². The molecule has 13 heavy (non-hydrogen) atoms. The molecule has 2 nitrogen and oxygen atoms in total. The lowest BCUT2D eigenvalue weighted by molar-refractivity contribution is 0.177. The highest BCUT2D eigenvalue weighted by atomic mass is 15.2. The van der Waals surface area contributed by atoms with Crippen molar-refractivity contribution in [1.82, 2.24) is 10.2 Å². The van der Waals surface area contributed by atoms with E-state index in [4.69, 9.17) is 0 Å². The van der Waals surface area contributed by atoms with Crippen LogP contribution in [-0.4, -0.2) is 37.1 Å². The molecule has 1 saturated heterocycles. The molecule has 1 saturated carbocycles. The van der Waals surface area contributed by atoms with Crippen LogP contribution in [0.2, 0.25) is 0 Å². The van der Waals surface area contributed by atoms with Crippen molar-refractivity contribution in [3.05, 3.63) is 0 Å². The summed E-state index contributed by atoms with van der Waals surface area (Å²) in [4.78, 5) is 2.67. The molecule has 2 aliphatic rings. The maximum absolute atomic E-state index is 3.47. The minimum absolute atomic E-state index is 0.554. The van der Waals surface area contributed by atoms with Crippen LogP contribution in [0.15, 0.2) is 0 Å². The van der Waals surface area contributed by atoms with Gasteiger partial charge in [0.2, 0.25) is 0 Å². The lowest BCUT2D eigenvalue weighted by atomic mass is 9.89. The molecule has 1 unspecified atom stereocenters. The zero-order valence-electron chi connectivity index (χ0n) is 8.97. The van der Waals surface area contributed by atoms with Crippen molar-refractivity contribution in [3.63, 3.8) is 0 Å². The van der Waals surface area contributed by atoms with E-state index in [0.29, 0.717) is 5.41 Å². The van der Waals surface area contributed by atoms with E-state index in [1.54, 1.807) is 0 Å². The predicted molar refractivity (Wildman–Crippen MR) is 55.9 cm³/mol. The summed E-state index contributed by atoms with van der Waals surface area (Å²) < 4.78 is 0. The molecule has 1 aliphatic heterocycles. The first-order valence-electron chi connectivity index (χ1n) is 5.68. The Hall–Kier alpha value is -0.0800. The Morgan fingerprint density at radius 1 is 1.46 bits per heavy atom. The summed E-state index contributed by atoms with van der Waals surface area (Å²) in [6.45, 7) is 9.71.